The smallest absolute Gasteiger partial charge is 0.194 e. The molecule has 0 saturated heterocycles. The molecule has 2 heterocycles. The van der Waals surface area contributed by atoms with Crippen molar-refractivity contribution < 1.29 is 0 Å². The van der Waals surface area contributed by atoms with Crippen LogP contribution in [0, 0.1) is 0 Å². The number of hydrogen-bond donors (Lipinski definition) is 0. The number of nitrogens with zero attached hydrogens (tertiary/aromatic N) is 2. The molecule has 46 valence electrons. The summed E-state index contributed by atoms with van der Waals surface area (Å²) in [4.78, 5) is 5.12. The second kappa shape index (κ2) is 1.82. The maximum Gasteiger partial charge on any atom is 0.194 e. The molecule has 2 nitrogen and oxygen atoms in total. The first-order chi connectivity index (χ1) is 4.38. The Morgan fingerprint density at radius 1 is 1.67 bits per heavy atom. The van der Waals surface area contributed by atoms with Gasteiger partial charge in [-0.15, -0.1) is 11.3 Å². The standard InChI is InChI=1S/C5H3BrN2S/c6-4-3-9-5-7-1-2-8(4)5/h1-3H. The summed E-state index contributed by atoms with van der Waals surface area (Å²) in [5.41, 5.74) is 0. The van der Waals surface area contributed by atoms with Gasteiger partial charge in [0.25, 0.3) is 0 Å². The van der Waals surface area contributed by atoms with E-state index in [1.807, 2.05) is 16.0 Å². The zero-order valence-electron chi connectivity index (χ0n) is 4.41. The third kappa shape index (κ3) is 0.702. The number of thiazole rings is 1. The molecule has 0 aliphatic carbocycles. The minimum atomic E-state index is 1.03. The van der Waals surface area contributed by atoms with Crippen molar-refractivity contribution >= 4 is 32.2 Å². The van der Waals surface area contributed by atoms with E-state index in [2.05, 4.69) is 20.9 Å². The molecule has 2 aromatic rings. The highest BCUT2D eigenvalue weighted by molar-refractivity contribution is 9.10. The molecule has 0 spiro atoms. The predicted octanol–water partition coefficient (Wildman–Crippen LogP) is 2.16. The van der Waals surface area contributed by atoms with Crippen molar-refractivity contribution in [1.82, 2.24) is 9.38 Å². The van der Waals surface area contributed by atoms with Crippen LogP contribution < -0.4 is 0 Å². The molecule has 0 atom stereocenters. The van der Waals surface area contributed by atoms with Gasteiger partial charge in [-0.1, -0.05) is 0 Å². The number of fused-ring (bicyclic) bond motifs is 1. The van der Waals surface area contributed by atoms with Crippen LogP contribution in [0.5, 0.6) is 0 Å². The maximum atomic E-state index is 4.09. The molecule has 0 unspecified atom stereocenters. The van der Waals surface area contributed by atoms with Gasteiger partial charge >= 0.3 is 0 Å². The maximum absolute atomic E-state index is 4.09. The number of rotatable bonds is 0. The molecule has 0 aliphatic rings. The molecule has 9 heavy (non-hydrogen) atoms. The van der Waals surface area contributed by atoms with Crippen LogP contribution in [-0.2, 0) is 0 Å². The molecule has 0 amide bonds. The fraction of sp³-hybridized carbons (Fsp3) is 0. The van der Waals surface area contributed by atoms with E-state index >= 15 is 0 Å². The molecule has 0 aliphatic heterocycles. The number of imidazole rings is 1. The Balaban J connectivity index is 2.99. The minimum Gasteiger partial charge on any atom is -0.285 e. The summed E-state index contributed by atoms with van der Waals surface area (Å²) in [7, 11) is 0. The van der Waals surface area contributed by atoms with E-state index in [0.717, 1.165) is 9.56 Å². The van der Waals surface area contributed by atoms with Gasteiger partial charge in [-0.2, -0.15) is 0 Å². The van der Waals surface area contributed by atoms with E-state index in [-0.39, 0.29) is 0 Å². The van der Waals surface area contributed by atoms with Crippen LogP contribution in [-0.4, -0.2) is 9.38 Å². The van der Waals surface area contributed by atoms with Gasteiger partial charge in [-0.25, -0.2) is 4.98 Å². The van der Waals surface area contributed by atoms with Crippen LogP contribution in [0.2, 0.25) is 0 Å². The van der Waals surface area contributed by atoms with Crippen LogP contribution >= 0.6 is 27.3 Å². The van der Waals surface area contributed by atoms with Gasteiger partial charge in [0.15, 0.2) is 4.96 Å². The largest absolute Gasteiger partial charge is 0.285 e. The van der Waals surface area contributed by atoms with Gasteiger partial charge in [0.2, 0.25) is 0 Å². The highest BCUT2D eigenvalue weighted by Gasteiger charge is 1.97. The van der Waals surface area contributed by atoms with Crippen molar-refractivity contribution in [1.29, 1.82) is 0 Å². The molecule has 2 aromatic heterocycles. The third-order valence-corrected chi connectivity index (χ3v) is 2.87. The van der Waals surface area contributed by atoms with Gasteiger partial charge in [-0.3, -0.25) is 4.40 Å². The molecule has 2 rings (SSSR count). The molecule has 4 heteroatoms. The zero-order chi connectivity index (χ0) is 6.27. The fourth-order valence-corrected chi connectivity index (χ4v) is 2.09. The Morgan fingerprint density at radius 2 is 2.56 bits per heavy atom. The summed E-state index contributed by atoms with van der Waals surface area (Å²) in [5, 5.41) is 2.02. The van der Waals surface area contributed by atoms with E-state index in [4.69, 9.17) is 0 Å². The Labute approximate surface area is 64.3 Å². The average molecular weight is 203 g/mol. The first-order valence-electron chi connectivity index (χ1n) is 2.44. The van der Waals surface area contributed by atoms with E-state index in [1.165, 1.54) is 0 Å². The number of hydrogen-bond acceptors (Lipinski definition) is 2. The molecular weight excluding hydrogens is 200 g/mol. The summed E-state index contributed by atoms with van der Waals surface area (Å²) in [6.07, 6.45) is 3.71. The Kier molecular flexibility index (Phi) is 1.10. The summed E-state index contributed by atoms with van der Waals surface area (Å²) in [6.45, 7) is 0. The molecule has 0 saturated carbocycles. The van der Waals surface area contributed by atoms with Crippen molar-refractivity contribution in [2.75, 3.05) is 0 Å². The van der Waals surface area contributed by atoms with E-state index in [9.17, 15) is 0 Å². The molecule has 0 N–H and O–H groups in total. The van der Waals surface area contributed by atoms with Crippen molar-refractivity contribution in [3.8, 4) is 0 Å². The zero-order valence-corrected chi connectivity index (χ0v) is 6.82. The predicted molar refractivity (Wildman–Crippen MR) is 40.8 cm³/mol. The van der Waals surface area contributed by atoms with Gasteiger partial charge < -0.3 is 0 Å². The van der Waals surface area contributed by atoms with Crippen LogP contribution in [0.3, 0.4) is 0 Å². The molecule has 0 aromatic carbocycles. The highest BCUT2D eigenvalue weighted by atomic mass is 79.9. The Bertz CT molecular complexity index is 324. The van der Waals surface area contributed by atoms with Crippen molar-refractivity contribution in [2.24, 2.45) is 0 Å². The minimum absolute atomic E-state index is 1.03. The Morgan fingerprint density at radius 3 is 3.33 bits per heavy atom. The van der Waals surface area contributed by atoms with Crippen LogP contribution in [0.15, 0.2) is 22.4 Å². The molecular formula is C5H3BrN2S. The SMILES string of the molecule is Brc1csc2nccn12. The monoisotopic (exact) mass is 202 g/mol. The van der Waals surface area contributed by atoms with Gasteiger partial charge in [0, 0.05) is 17.8 Å². The van der Waals surface area contributed by atoms with Gasteiger partial charge in [0.05, 0.1) is 0 Å². The summed E-state index contributed by atoms with van der Waals surface area (Å²) in [6, 6.07) is 0. The highest BCUT2D eigenvalue weighted by Crippen LogP contribution is 2.18. The fourth-order valence-electron chi connectivity index (χ4n) is 0.698. The molecule has 0 radical (unpaired) electrons. The number of halogens is 1. The Hall–Kier alpha value is -0.350. The lowest BCUT2D eigenvalue weighted by atomic mass is 10.9. The quantitative estimate of drug-likeness (QED) is 0.641. The lowest BCUT2D eigenvalue weighted by molar-refractivity contribution is 1.19. The summed E-state index contributed by atoms with van der Waals surface area (Å²) in [5.74, 6) is 0. The van der Waals surface area contributed by atoms with E-state index < -0.39 is 0 Å². The summed E-state index contributed by atoms with van der Waals surface area (Å²) < 4.78 is 3.06. The first-order valence-corrected chi connectivity index (χ1v) is 4.11. The first kappa shape index (κ1) is 5.44. The van der Waals surface area contributed by atoms with Crippen LogP contribution in [0.4, 0.5) is 0 Å². The van der Waals surface area contributed by atoms with Crippen LogP contribution in [0.25, 0.3) is 4.96 Å². The van der Waals surface area contributed by atoms with Gasteiger partial charge in [0.1, 0.15) is 4.60 Å². The lowest BCUT2D eigenvalue weighted by Gasteiger charge is -1.80. The second-order valence-electron chi connectivity index (χ2n) is 1.64. The second-order valence-corrected chi connectivity index (χ2v) is 3.29. The average Bonchev–Trinajstić information content (AvgIpc) is 2.35. The van der Waals surface area contributed by atoms with Gasteiger partial charge in [-0.05, 0) is 15.9 Å². The van der Waals surface area contributed by atoms with E-state index in [0.29, 0.717) is 0 Å². The topological polar surface area (TPSA) is 17.3 Å². The summed E-state index contributed by atoms with van der Waals surface area (Å²) >= 11 is 5.00. The normalized spacial score (nSPS) is 10.8. The van der Waals surface area contributed by atoms with E-state index in [1.54, 1.807) is 17.5 Å². The number of aromatic nitrogens is 2. The van der Waals surface area contributed by atoms with Crippen molar-refractivity contribution in [3.63, 3.8) is 0 Å². The third-order valence-electron chi connectivity index (χ3n) is 1.10. The lowest BCUT2D eigenvalue weighted by Crippen LogP contribution is -1.71. The molecule has 0 fully saturated rings. The van der Waals surface area contributed by atoms with Crippen molar-refractivity contribution in [2.45, 2.75) is 0 Å². The molecule has 0 bridgehead atoms. The van der Waals surface area contributed by atoms with Crippen molar-refractivity contribution in [3.05, 3.63) is 22.4 Å². The van der Waals surface area contributed by atoms with Crippen LogP contribution in [0.1, 0.15) is 0 Å².